The van der Waals surface area contributed by atoms with Gasteiger partial charge in [-0.2, -0.15) is 0 Å². The van der Waals surface area contributed by atoms with Gasteiger partial charge in [-0.1, -0.05) is 22.0 Å². The van der Waals surface area contributed by atoms with Crippen LogP contribution in [0.4, 0.5) is 4.79 Å². The minimum atomic E-state index is -0.511. The van der Waals surface area contributed by atoms with Gasteiger partial charge in [-0.05, 0) is 57.9 Å². The molecular weight excluding hydrogens is 400 g/mol. The number of amides is 1. The summed E-state index contributed by atoms with van der Waals surface area (Å²) in [4.78, 5) is 26.3. The predicted octanol–water partition coefficient (Wildman–Crippen LogP) is 3.72. The number of benzene rings is 1. The lowest BCUT2D eigenvalue weighted by atomic mass is 10.0. The zero-order valence-corrected chi connectivity index (χ0v) is 17.4. The smallest absolute Gasteiger partial charge is 0.407 e. The van der Waals surface area contributed by atoms with Gasteiger partial charge in [-0.25, -0.2) is 9.59 Å². The lowest BCUT2D eigenvalue weighted by Gasteiger charge is -2.34. The highest BCUT2D eigenvalue weighted by Gasteiger charge is 2.25. The SMILES string of the molecule is COC(=O)c1cccc(Br)c1CN1CCC[C@@H](NC(=O)OC(C)(C)C)C1. The van der Waals surface area contributed by atoms with Crippen molar-refractivity contribution in [1.82, 2.24) is 10.2 Å². The number of halogens is 1. The second-order valence-corrected chi connectivity index (χ2v) is 8.33. The Bertz CT molecular complexity index is 657. The Balaban J connectivity index is 2.03. The first-order valence-electron chi connectivity index (χ1n) is 8.77. The minimum absolute atomic E-state index is 0.0302. The zero-order valence-electron chi connectivity index (χ0n) is 15.8. The van der Waals surface area contributed by atoms with Crippen LogP contribution in [0.2, 0.25) is 0 Å². The molecule has 1 saturated heterocycles. The van der Waals surface area contributed by atoms with E-state index < -0.39 is 5.60 Å². The Kier molecular flexibility index (Phi) is 7.06. The van der Waals surface area contributed by atoms with E-state index in [0.29, 0.717) is 18.7 Å². The van der Waals surface area contributed by atoms with Gasteiger partial charge < -0.3 is 14.8 Å². The van der Waals surface area contributed by atoms with Gasteiger partial charge >= 0.3 is 12.1 Å². The third-order valence-corrected chi connectivity index (χ3v) is 4.88. The molecule has 0 saturated carbocycles. The summed E-state index contributed by atoms with van der Waals surface area (Å²) in [6.07, 6.45) is 1.49. The second kappa shape index (κ2) is 8.86. The van der Waals surface area contributed by atoms with Gasteiger partial charge in [0.1, 0.15) is 5.60 Å². The maximum Gasteiger partial charge on any atom is 0.407 e. The number of nitrogens with zero attached hydrogens (tertiary/aromatic N) is 1. The van der Waals surface area contributed by atoms with Crippen LogP contribution in [0.1, 0.15) is 49.5 Å². The van der Waals surface area contributed by atoms with Crippen LogP contribution in [0.5, 0.6) is 0 Å². The van der Waals surface area contributed by atoms with E-state index in [-0.39, 0.29) is 18.1 Å². The molecule has 1 fully saturated rings. The Morgan fingerprint density at radius 1 is 1.35 bits per heavy atom. The molecule has 0 bridgehead atoms. The van der Waals surface area contributed by atoms with E-state index in [1.165, 1.54) is 7.11 Å². The molecule has 0 aliphatic carbocycles. The molecule has 0 radical (unpaired) electrons. The van der Waals surface area contributed by atoms with Crippen LogP contribution in [0, 0.1) is 0 Å². The fourth-order valence-corrected chi connectivity index (χ4v) is 3.53. The van der Waals surface area contributed by atoms with Crippen molar-refractivity contribution in [1.29, 1.82) is 0 Å². The van der Waals surface area contributed by atoms with Crippen LogP contribution >= 0.6 is 15.9 Å². The number of alkyl carbamates (subject to hydrolysis) is 1. The third kappa shape index (κ3) is 5.99. The number of methoxy groups -OCH3 is 1. The summed E-state index contributed by atoms with van der Waals surface area (Å²) < 4.78 is 11.1. The third-order valence-electron chi connectivity index (χ3n) is 4.13. The summed E-state index contributed by atoms with van der Waals surface area (Å²) in [5.41, 5.74) is 0.948. The first-order chi connectivity index (χ1) is 12.2. The van der Waals surface area contributed by atoms with Crippen molar-refractivity contribution >= 4 is 28.0 Å². The molecule has 26 heavy (non-hydrogen) atoms. The number of hydrogen-bond donors (Lipinski definition) is 1. The zero-order chi connectivity index (χ0) is 19.3. The van der Waals surface area contributed by atoms with Gasteiger partial charge in [0.2, 0.25) is 0 Å². The summed E-state index contributed by atoms with van der Waals surface area (Å²) in [7, 11) is 1.38. The number of ether oxygens (including phenoxy) is 2. The van der Waals surface area contributed by atoms with Crippen molar-refractivity contribution in [2.45, 2.75) is 51.8 Å². The number of hydrogen-bond acceptors (Lipinski definition) is 5. The summed E-state index contributed by atoms with van der Waals surface area (Å²) in [5.74, 6) is -0.346. The van der Waals surface area contributed by atoms with Crippen molar-refractivity contribution in [2.75, 3.05) is 20.2 Å². The topological polar surface area (TPSA) is 67.9 Å². The number of likely N-dealkylation sites (tertiary alicyclic amines) is 1. The lowest BCUT2D eigenvalue weighted by molar-refractivity contribution is 0.0470. The molecule has 1 heterocycles. The highest BCUT2D eigenvalue weighted by Crippen LogP contribution is 2.25. The van der Waals surface area contributed by atoms with Crippen LogP contribution < -0.4 is 5.32 Å². The molecule has 7 heteroatoms. The molecule has 0 spiro atoms. The summed E-state index contributed by atoms with van der Waals surface area (Å²) in [6, 6.07) is 5.54. The Hall–Kier alpha value is -1.60. The number of rotatable bonds is 4. The normalized spacial score (nSPS) is 18.3. The van der Waals surface area contributed by atoms with Crippen molar-refractivity contribution in [3.05, 3.63) is 33.8 Å². The van der Waals surface area contributed by atoms with Crippen LogP contribution in [0.3, 0.4) is 0 Å². The number of esters is 1. The maximum absolute atomic E-state index is 12.0. The molecule has 0 unspecified atom stereocenters. The number of piperidine rings is 1. The first kappa shape index (κ1) is 20.7. The van der Waals surface area contributed by atoms with Crippen molar-refractivity contribution < 1.29 is 19.1 Å². The summed E-state index contributed by atoms with van der Waals surface area (Å²) >= 11 is 3.54. The second-order valence-electron chi connectivity index (χ2n) is 7.48. The van der Waals surface area contributed by atoms with Crippen LogP contribution in [0.15, 0.2) is 22.7 Å². The average Bonchev–Trinajstić information content (AvgIpc) is 2.54. The van der Waals surface area contributed by atoms with Crippen LogP contribution in [-0.4, -0.2) is 48.8 Å². The quantitative estimate of drug-likeness (QED) is 0.742. The van der Waals surface area contributed by atoms with E-state index in [4.69, 9.17) is 9.47 Å². The molecule has 6 nitrogen and oxygen atoms in total. The van der Waals surface area contributed by atoms with Gasteiger partial charge in [-0.15, -0.1) is 0 Å². The molecule has 1 aromatic rings. The molecule has 2 rings (SSSR count). The maximum atomic E-state index is 12.0. The molecule has 1 N–H and O–H groups in total. The molecule has 1 atom stereocenters. The Morgan fingerprint density at radius 2 is 2.08 bits per heavy atom. The van der Waals surface area contributed by atoms with E-state index in [9.17, 15) is 9.59 Å². The standard InChI is InChI=1S/C19H27BrN2O4/c1-19(2,3)26-18(24)21-13-7-6-10-22(11-13)12-15-14(17(23)25-4)8-5-9-16(15)20/h5,8-9,13H,6-7,10-12H2,1-4H3,(H,21,24)/t13-/m1/s1. The summed E-state index contributed by atoms with van der Waals surface area (Å²) in [5, 5.41) is 2.95. The molecule has 1 amide bonds. The minimum Gasteiger partial charge on any atom is -0.465 e. The lowest BCUT2D eigenvalue weighted by Crippen LogP contribution is -2.48. The number of carbonyl (C=O) groups excluding carboxylic acids is 2. The fourth-order valence-electron chi connectivity index (χ4n) is 3.04. The highest BCUT2D eigenvalue weighted by atomic mass is 79.9. The fraction of sp³-hybridized carbons (Fsp3) is 0.579. The van der Waals surface area contributed by atoms with Crippen molar-refractivity contribution in [3.63, 3.8) is 0 Å². The van der Waals surface area contributed by atoms with Gasteiger partial charge in [-0.3, -0.25) is 4.90 Å². The molecule has 144 valence electrons. The van der Waals surface area contributed by atoms with E-state index in [0.717, 1.165) is 29.4 Å². The molecule has 1 aromatic carbocycles. The van der Waals surface area contributed by atoms with E-state index in [2.05, 4.69) is 26.1 Å². The van der Waals surface area contributed by atoms with Crippen molar-refractivity contribution in [3.8, 4) is 0 Å². The summed E-state index contributed by atoms with van der Waals surface area (Å²) in [6.45, 7) is 7.77. The van der Waals surface area contributed by atoms with Gasteiger partial charge in [0.15, 0.2) is 0 Å². The Morgan fingerprint density at radius 3 is 2.73 bits per heavy atom. The van der Waals surface area contributed by atoms with Crippen LogP contribution in [-0.2, 0) is 16.0 Å². The van der Waals surface area contributed by atoms with Gasteiger partial charge in [0.05, 0.1) is 12.7 Å². The first-order valence-corrected chi connectivity index (χ1v) is 9.56. The molecular formula is C19H27BrN2O4. The molecule has 1 aliphatic heterocycles. The molecule has 0 aromatic heterocycles. The molecule has 1 aliphatic rings. The number of nitrogens with one attached hydrogen (secondary N) is 1. The van der Waals surface area contributed by atoms with Crippen molar-refractivity contribution in [2.24, 2.45) is 0 Å². The predicted molar refractivity (Wildman–Crippen MR) is 103 cm³/mol. The average molecular weight is 427 g/mol. The van der Waals surface area contributed by atoms with Gasteiger partial charge in [0, 0.05) is 23.6 Å². The highest BCUT2D eigenvalue weighted by molar-refractivity contribution is 9.10. The van der Waals surface area contributed by atoms with E-state index >= 15 is 0 Å². The van der Waals surface area contributed by atoms with E-state index in [1.807, 2.05) is 32.9 Å². The van der Waals surface area contributed by atoms with Gasteiger partial charge in [0.25, 0.3) is 0 Å². The number of carbonyl (C=O) groups is 2. The largest absolute Gasteiger partial charge is 0.465 e. The Labute approximate surface area is 163 Å². The van der Waals surface area contributed by atoms with Crippen LogP contribution in [0.25, 0.3) is 0 Å². The monoisotopic (exact) mass is 426 g/mol. The van der Waals surface area contributed by atoms with E-state index in [1.54, 1.807) is 6.07 Å².